The van der Waals surface area contributed by atoms with Gasteiger partial charge in [0.1, 0.15) is 35.4 Å². The highest BCUT2D eigenvalue weighted by molar-refractivity contribution is 6.33. The largest absolute Gasteiger partial charge is 0.394 e. The number of hydrogen-bond donors (Lipinski definition) is 3. The third-order valence-electron chi connectivity index (χ3n) is 3.25. The van der Waals surface area contributed by atoms with E-state index in [0.717, 1.165) is 0 Å². The first kappa shape index (κ1) is 12.8. The number of fused-ring (bicyclic) bond motifs is 1. The van der Waals surface area contributed by atoms with Gasteiger partial charge in [0.15, 0.2) is 6.23 Å². The molecule has 0 spiro atoms. The Morgan fingerprint density at radius 2 is 2.11 bits per heavy atom. The zero-order valence-electron chi connectivity index (χ0n) is 9.72. The van der Waals surface area contributed by atoms with Crippen molar-refractivity contribution < 1.29 is 20.1 Å². The average molecular weight is 286 g/mol. The van der Waals surface area contributed by atoms with Crippen LogP contribution in [0.3, 0.4) is 0 Å². The second-order valence-corrected chi connectivity index (χ2v) is 4.71. The summed E-state index contributed by atoms with van der Waals surface area (Å²) in [6.45, 7) is -0.371. The molecule has 3 heterocycles. The Morgan fingerprint density at radius 3 is 2.79 bits per heavy atom. The van der Waals surface area contributed by atoms with Crippen LogP contribution in [-0.2, 0) is 4.74 Å². The molecule has 4 atom stereocenters. The maximum atomic E-state index is 9.98. The molecule has 3 rings (SSSR count). The highest BCUT2D eigenvalue weighted by atomic mass is 35.5. The van der Waals surface area contributed by atoms with Crippen LogP contribution in [0, 0.1) is 0 Å². The monoisotopic (exact) mass is 285 g/mol. The van der Waals surface area contributed by atoms with Crippen molar-refractivity contribution in [3.63, 3.8) is 0 Å². The Labute approximate surface area is 113 Å². The molecule has 1 fully saturated rings. The van der Waals surface area contributed by atoms with Crippen LogP contribution >= 0.6 is 11.6 Å². The lowest BCUT2D eigenvalue weighted by Gasteiger charge is -2.17. The summed E-state index contributed by atoms with van der Waals surface area (Å²) in [5.74, 6) is 0. The minimum Gasteiger partial charge on any atom is -0.394 e. The van der Waals surface area contributed by atoms with Crippen molar-refractivity contribution in [2.24, 2.45) is 0 Å². The number of aliphatic hydroxyl groups excluding tert-OH is 3. The fourth-order valence-corrected chi connectivity index (χ4v) is 2.45. The molecular weight excluding hydrogens is 274 g/mol. The van der Waals surface area contributed by atoms with Gasteiger partial charge in [-0.3, -0.25) is 0 Å². The second kappa shape index (κ2) is 4.69. The van der Waals surface area contributed by atoms with Gasteiger partial charge in [-0.15, -0.1) is 0 Å². The molecule has 1 saturated heterocycles. The van der Waals surface area contributed by atoms with Crippen molar-refractivity contribution in [3.8, 4) is 0 Å². The summed E-state index contributed by atoms with van der Waals surface area (Å²) in [4.78, 5) is 7.95. The number of ether oxygens (including phenoxy) is 1. The van der Waals surface area contributed by atoms with Crippen molar-refractivity contribution >= 4 is 22.6 Å². The molecule has 7 nitrogen and oxygen atoms in total. The van der Waals surface area contributed by atoms with Crippen LogP contribution in [0.4, 0.5) is 0 Å². The summed E-state index contributed by atoms with van der Waals surface area (Å²) in [5.41, 5.74) is 0.495. The summed E-state index contributed by atoms with van der Waals surface area (Å²) in [7, 11) is 0. The van der Waals surface area contributed by atoms with Gasteiger partial charge in [-0.25, -0.2) is 9.97 Å². The zero-order chi connectivity index (χ0) is 13.6. The molecule has 1 aliphatic heterocycles. The first-order valence-corrected chi connectivity index (χ1v) is 6.10. The molecule has 1 unspecified atom stereocenters. The van der Waals surface area contributed by atoms with Gasteiger partial charge in [0.05, 0.1) is 12.0 Å². The lowest BCUT2D eigenvalue weighted by molar-refractivity contribution is -0.0508. The standard InChI is InChI=1S/C11H12ClN3O4/c12-9-5-1-2-15(10(5)14-4-13-9)11-8(18)7(17)6(3-16)19-11/h1-2,4,6-8,11,16-18H,3H2/t6-,7?,8+,11-/m0/s1. The van der Waals surface area contributed by atoms with Gasteiger partial charge in [-0.2, -0.15) is 0 Å². The van der Waals surface area contributed by atoms with Gasteiger partial charge >= 0.3 is 0 Å². The fraction of sp³-hybridized carbons (Fsp3) is 0.455. The van der Waals surface area contributed by atoms with Crippen LogP contribution in [0.25, 0.3) is 11.0 Å². The Hall–Kier alpha value is -1.25. The molecule has 102 valence electrons. The zero-order valence-corrected chi connectivity index (χ0v) is 10.5. The predicted molar refractivity (Wildman–Crippen MR) is 65.5 cm³/mol. The molecule has 2 aromatic heterocycles. The highest BCUT2D eigenvalue weighted by Crippen LogP contribution is 2.32. The lowest BCUT2D eigenvalue weighted by Crippen LogP contribution is -2.33. The molecule has 0 radical (unpaired) electrons. The van der Waals surface area contributed by atoms with Crippen LogP contribution in [0.15, 0.2) is 18.6 Å². The van der Waals surface area contributed by atoms with Gasteiger partial charge in [0, 0.05) is 6.20 Å². The van der Waals surface area contributed by atoms with E-state index in [0.29, 0.717) is 16.2 Å². The van der Waals surface area contributed by atoms with E-state index in [1.165, 1.54) is 6.33 Å². The van der Waals surface area contributed by atoms with Crippen molar-refractivity contribution in [3.05, 3.63) is 23.7 Å². The first-order valence-electron chi connectivity index (χ1n) is 5.73. The number of aliphatic hydroxyl groups is 3. The summed E-state index contributed by atoms with van der Waals surface area (Å²) in [6.07, 6.45) is -0.995. The van der Waals surface area contributed by atoms with Crippen LogP contribution in [0.5, 0.6) is 0 Å². The van der Waals surface area contributed by atoms with Gasteiger partial charge in [-0.1, -0.05) is 11.6 Å². The Bertz CT molecular complexity index is 605. The number of rotatable bonds is 2. The number of hydrogen-bond acceptors (Lipinski definition) is 6. The molecule has 8 heteroatoms. The van der Waals surface area contributed by atoms with Crippen LogP contribution in [-0.4, -0.2) is 54.8 Å². The van der Waals surface area contributed by atoms with Gasteiger partial charge in [0.2, 0.25) is 0 Å². The van der Waals surface area contributed by atoms with E-state index in [1.807, 2.05) is 0 Å². The summed E-state index contributed by atoms with van der Waals surface area (Å²) in [6, 6.07) is 1.70. The SMILES string of the molecule is OC[C@@H]1O[C@H](n2ccc3c(Cl)ncnc32)[C@H](O)C1O. The maximum absolute atomic E-state index is 9.98. The van der Waals surface area contributed by atoms with E-state index in [9.17, 15) is 10.2 Å². The van der Waals surface area contributed by atoms with E-state index >= 15 is 0 Å². The Morgan fingerprint density at radius 1 is 1.32 bits per heavy atom. The summed E-state index contributed by atoms with van der Waals surface area (Å²) >= 11 is 5.94. The second-order valence-electron chi connectivity index (χ2n) is 4.35. The number of aromatic nitrogens is 3. The predicted octanol–water partition coefficient (Wildman–Crippen LogP) is -0.304. The molecule has 1 aliphatic rings. The lowest BCUT2D eigenvalue weighted by atomic mass is 10.1. The van der Waals surface area contributed by atoms with E-state index in [1.54, 1.807) is 16.8 Å². The Balaban J connectivity index is 2.04. The third kappa shape index (κ3) is 1.90. The molecule has 0 saturated carbocycles. The van der Waals surface area contributed by atoms with Crippen LogP contribution in [0.1, 0.15) is 6.23 Å². The molecule has 0 amide bonds. The fourth-order valence-electron chi connectivity index (χ4n) is 2.26. The van der Waals surface area contributed by atoms with Crippen LogP contribution in [0.2, 0.25) is 5.15 Å². The summed E-state index contributed by atoms with van der Waals surface area (Å²) in [5, 5.41) is 29.7. The van der Waals surface area contributed by atoms with Crippen molar-refractivity contribution in [1.29, 1.82) is 0 Å². The Kier molecular flexibility index (Phi) is 3.15. The highest BCUT2D eigenvalue weighted by Gasteiger charge is 2.43. The van der Waals surface area contributed by atoms with E-state index < -0.39 is 24.5 Å². The van der Waals surface area contributed by atoms with E-state index in [2.05, 4.69) is 9.97 Å². The van der Waals surface area contributed by atoms with Gasteiger partial charge < -0.3 is 24.6 Å². The molecule has 0 aromatic carbocycles. The minimum absolute atomic E-state index is 0.301. The first-order chi connectivity index (χ1) is 9.13. The smallest absolute Gasteiger partial charge is 0.164 e. The molecule has 0 aliphatic carbocycles. The van der Waals surface area contributed by atoms with Crippen molar-refractivity contribution in [2.45, 2.75) is 24.5 Å². The number of nitrogens with zero attached hydrogens (tertiary/aromatic N) is 3. The molecule has 2 aromatic rings. The van der Waals surface area contributed by atoms with Gasteiger partial charge in [-0.05, 0) is 6.07 Å². The molecule has 19 heavy (non-hydrogen) atoms. The third-order valence-corrected chi connectivity index (χ3v) is 3.55. The minimum atomic E-state index is -1.15. The van der Waals surface area contributed by atoms with Gasteiger partial charge in [0.25, 0.3) is 0 Å². The molecule has 3 N–H and O–H groups in total. The van der Waals surface area contributed by atoms with E-state index in [4.69, 9.17) is 21.4 Å². The number of halogens is 1. The molecule has 0 bridgehead atoms. The molecular formula is C11H12ClN3O4. The topological polar surface area (TPSA) is 101 Å². The normalized spacial score (nSPS) is 31.2. The van der Waals surface area contributed by atoms with Crippen molar-refractivity contribution in [2.75, 3.05) is 6.61 Å². The maximum Gasteiger partial charge on any atom is 0.164 e. The van der Waals surface area contributed by atoms with Crippen LogP contribution < -0.4 is 0 Å². The average Bonchev–Trinajstić information content (AvgIpc) is 2.94. The van der Waals surface area contributed by atoms with E-state index in [-0.39, 0.29) is 6.61 Å². The van der Waals surface area contributed by atoms with Crippen molar-refractivity contribution in [1.82, 2.24) is 14.5 Å². The summed E-state index contributed by atoms with van der Waals surface area (Å²) < 4.78 is 7.00. The quantitative estimate of drug-likeness (QED) is 0.655.